The summed E-state index contributed by atoms with van der Waals surface area (Å²) in [4.78, 5) is 3.88. The van der Waals surface area contributed by atoms with E-state index in [1.165, 1.54) is 5.57 Å². The van der Waals surface area contributed by atoms with E-state index >= 15 is 0 Å². The second-order valence-corrected chi connectivity index (χ2v) is 3.76. The van der Waals surface area contributed by atoms with Crippen molar-refractivity contribution in [1.82, 2.24) is 0 Å². The standard InChI is InChI=1S/C11H19N/c1-6-10(11(2,3)4)8-7-9-12-5/h6-9H,1-5H3/b8-7-,10-6+,12-9-. The van der Waals surface area contributed by atoms with Gasteiger partial charge in [-0.25, -0.2) is 0 Å². The smallest absolute Gasteiger partial charge is 0.0277 e. The molecule has 0 radical (unpaired) electrons. The molecule has 0 N–H and O–H groups in total. The Morgan fingerprint density at radius 1 is 1.25 bits per heavy atom. The molecule has 68 valence electrons. The molecule has 0 spiro atoms. The summed E-state index contributed by atoms with van der Waals surface area (Å²) in [6, 6.07) is 0. The first-order valence-electron chi connectivity index (χ1n) is 4.28. The lowest BCUT2D eigenvalue weighted by molar-refractivity contribution is 0.516. The summed E-state index contributed by atoms with van der Waals surface area (Å²) in [6.07, 6.45) is 8.02. The fourth-order valence-corrected chi connectivity index (χ4v) is 1.01. The van der Waals surface area contributed by atoms with Gasteiger partial charge in [-0.3, -0.25) is 4.99 Å². The van der Waals surface area contributed by atoms with E-state index in [2.05, 4.69) is 44.8 Å². The normalized spacial score (nSPS) is 14.9. The lowest BCUT2D eigenvalue weighted by Gasteiger charge is -2.19. The van der Waals surface area contributed by atoms with Gasteiger partial charge in [0.25, 0.3) is 0 Å². The maximum absolute atomic E-state index is 3.88. The van der Waals surface area contributed by atoms with E-state index in [9.17, 15) is 0 Å². The molecule has 0 rings (SSSR count). The van der Waals surface area contributed by atoms with E-state index in [1.54, 1.807) is 13.3 Å². The molecular formula is C11H19N. The topological polar surface area (TPSA) is 12.4 Å². The summed E-state index contributed by atoms with van der Waals surface area (Å²) in [6.45, 7) is 8.68. The van der Waals surface area contributed by atoms with Crippen LogP contribution >= 0.6 is 0 Å². The Bertz CT molecular complexity index is 202. The molecule has 0 aromatic carbocycles. The van der Waals surface area contributed by atoms with Crippen LogP contribution in [0.15, 0.2) is 28.8 Å². The molecule has 0 amide bonds. The molecule has 0 unspecified atom stereocenters. The van der Waals surface area contributed by atoms with Crippen LogP contribution in [-0.2, 0) is 0 Å². The summed E-state index contributed by atoms with van der Waals surface area (Å²) in [5, 5.41) is 0. The highest BCUT2D eigenvalue weighted by atomic mass is 14.6. The third-order valence-corrected chi connectivity index (χ3v) is 1.69. The van der Waals surface area contributed by atoms with Crippen molar-refractivity contribution < 1.29 is 0 Å². The first kappa shape index (κ1) is 11.2. The molecule has 0 aliphatic carbocycles. The number of hydrogen-bond acceptors (Lipinski definition) is 1. The Balaban J connectivity index is 4.41. The first-order chi connectivity index (χ1) is 5.52. The zero-order valence-electron chi connectivity index (χ0n) is 8.76. The molecule has 0 bridgehead atoms. The predicted molar refractivity (Wildman–Crippen MR) is 56.8 cm³/mol. The van der Waals surface area contributed by atoms with Crippen molar-refractivity contribution in [2.75, 3.05) is 7.05 Å². The lowest BCUT2D eigenvalue weighted by Crippen LogP contribution is -2.06. The minimum absolute atomic E-state index is 0.229. The highest BCUT2D eigenvalue weighted by Crippen LogP contribution is 2.25. The van der Waals surface area contributed by atoms with Crippen molar-refractivity contribution in [3.63, 3.8) is 0 Å². The van der Waals surface area contributed by atoms with Gasteiger partial charge in [-0.1, -0.05) is 32.9 Å². The highest BCUT2D eigenvalue weighted by molar-refractivity contribution is 5.71. The lowest BCUT2D eigenvalue weighted by atomic mass is 9.86. The van der Waals surface area contributed by atoms with Crippen molar-refractivity contribution in [2.45, 2.75) is 27.7 Å². The van der Waals surface area contributed by atoms with Crippen LogP contribution in [0.2, 0.25) is 0 Å². The molecule has 1 heteroatoms. The Labute approximate surface area is 75.9 Å². The third kappa shape index (κ3) is 4.12. The zero-order chi connectivity index (χ0) is 9.61. The Kier molecular flexibility index (Phi) is 4.57. The number of aliphatic imine (C=N–C) groups is 1. The average molecular weight is 165 g/mol. The van der Waals surface area contributed by atoms with E-state index in [1.807, 2.05) is 6.08 Å². The molecule has 0 aromatic heterocycles. The largest absolute Gasteiger partial charge is 0.297 e. The number of nitrogens with zero attached hydrogens (tertiary/aromatic N) is 1. The van der Waals surface area contributed by atoms with Crippen molar-refractivity contribution in [1.29, 1.82) is 0 Å². The van der Waals surface area contributed by atoms with Gasteiger partial charge < -0.3 is 0 Å². The number of hydrogen-bond donors (Lipinski definition) is 0. The second kappa shape index (κ2) is 4.91. The maximum atomic E-state index is 3.88. The van der Waals surface area contributed by atoms with Gasteiger partial charge in [0, 0.05) is 13.3 Å². The van der Waals surface area contributed by atoms with Gasteiger partial charge in [-0.05, 0) is 24.0 Å². The van der Waals surface area contributed by atoms with Crippen molar-refractivity contribution in [3.8, 4) is 0 Å². The van der Waals surface area contributed by atoms with Gasteiger partial charge in [0.15, 0.2) is 0 Å². The van der Waals surface area contributed by atoms with Crippen LogP contribution < -0.4 is 0 Å². The fraction of sp³-hybridized carbons (Fsp3) is 0.545. The summed E-state index contributed by atoms with van der Waals surface area (Å²) < 4.78 is 0. The third-order valence-electron chi connectivity index (χ3n) is 1.69. The van der Waals surface area contributed by atoms with Crippen molar-refractivity contribution >= 4 is 6.21 Å². The van der Waals surface area contributed by atoms with E-state index in [-0.39, 0.29) is 5.41 Å². The summed E-state index contributed by atoms with van der Waals surface area (Å²) in [5.41, 5.74) is 1.56. The van der Waals surface area contributed by atoms with Crippen LogP contribution in [0, 0.1) is 5.41 Å². The van der Waals surface area contributed by atoms with Gasteiger partial charge in [0.2, 0.25) is 0 Å². The van der Waals surface area contributed by atoms with E-state index in [0.29, 0.717) is 0 Å². The molecular weight excluding hydrogens is 146 g/mol. The van der Waals surface area contributed by atoms with E-state index < -0.39 is 0 Å². The minimum Gasteiger partial charge on any atom is -0.297 e. The van der Waals surface area contributed by atoms with Crippen LogP contribution in [0.5, 0.6) is 0 Å². The van der Waals surface area contributed by atoms with Crippen molar-refractivity contribution in [3.05, 3.63) is 23.8 Å². The van der Waals surface area contributed by atoms with Gasteiger partial charge in [0.1, 0.15) is 0 Å². The monoisotopic (exact) mass is 165 g/mol. The van der Waals surface area contributed by atoms with Crippen LogP contribution in [0.3, 0.4) is 0 Å². The average Bonchev–Trinajstić information content (AvgIpc) is 1.95. The Hall–Kier alpha value is -0.850. The molecule has 0 aromatic rings. The van der Waals surface area contributed by atoms with Crippen LogP contribution in [-0.4, -0.2) is 13.3 Å². The quantitative estimate of drug-likeness (QED) is 0.440. The number of rotatable bonds is 2. The second-order valence-electron chi connectivity index (χ2n) is 3.76. The Morgan fingerprint density at radius 2 is 1.83 bits per heavy atom. The van der Waals surface area contributed by atoms with Gasteiger partial charge in [-0.15, -0.1) is 0 Å². The van der Waals surface area contributed by atoms with Crippen LogP contribution in [0.25, 0.3) is 0 Å². The summed E-state index contributed by atoms with van der Waals surface area (Å²) in [5.74, 6) is 0. The summed E-state index contributed by atoms with van der Waals surface area (Å²) in [7, 11) is 1.77. The van der Waals surface area contributed by atoms with Gasteiger partial charge in [0.05, 0.1) is 0 Å². The van der Waals surface area contributed by atoms with E-state index in [4.69, 9.17) is 0 Å². The van der Waals surface area contributed by atoms with E-state index in [0.717, 1.165) is 0 Å². The fourth-order valence-electron chi connectivity index (χ4n) is 1.01. The maximum Gasteiger partial charge on any atom is 0.0277 e. The number of allylic oxidation sites excluding steroid dienone is 4. The van der Waals surface area contributed by atoms with Crippen LogP contribution in [0.1, 0.15) is 27.7 Å². The molecule has 0 atom stereocenters. The summed E-state index contributed by atoms with van der Waals surface area (Å²) >= 11 is 0. The molecule has 0 fully saturated rings. The minimum atomic E-state index is 0.229. The van der Waals surface area contributed by atoms with Gasteiger partial charge >= 0.3 is 0 Å². The molecule has 0 aliphatic rings. The van der Waals surface area contributed by atoms with Crippen molar-refractivity contribution in [2.24, 2.45) is 10.4 Å². The predicted octanol–water partition coefficient (Wildman–Crippen LogP) is 3.24. The van der Waals surface area contributed by atoms with Crippen LogP contribution in [0.4, 0.5) is 0 Å². The Morgan fingerprint density at radius 3 is 2.17 bits per heavy atom. The SMILES string of the molecule is C\C=C(/C=C\C=N/C)C(C)(C)C. The molecule has 1 nitrogen and oxygen atoms in total. The van der Waals surface area contributed by atoms with Gasteiger partial charge in [-0.2, -0.15) is 0 Å². The molecule has 0 saturated carbocycles. The highest BCUT2D eigenvalue weighted by Gasteiger charge is 2.12. The molecule has 0 aliphatic heterocycles. The molecule has 0 heterocycles. The zero-order valence-corrected chi connectivity index (χ0v) is 8.76. The molecule has 0 saturated heterocycles. The molecule has 12 heavy (non-hydrogen) atoms. The first-order valence-corrected chi connectivity index (χ1v) is 4.28.